The Morgan fingerprint density at radius 3 is 2.00 bits per heavy atom. The number of ether oxygens (including phenoxy) is 1. The van der Waals surface area contributed by atoms with E-state index in [1.165, 1.54) is 0 Å². The summed E-state index contributed by atoms with van der Waals surface area (Å²) in [7, 11) is 0. The molecule has 1 aliphatic rings. The third-order valence-electron chi connectivity index (χ3n) is 3.77. The van der Waals surface area contributed by atoms with Crippen molar-refractivity contribution >= 4 is 18.0 Å². The Bertz CT molecular complexity index is 532. The van der Waals surface area contributed by atoms with Crippen molar-refractivity contribution in [2.24, 2.45) is 5.41 Å². The maximum Gasteiger partial charge on any atom is 0.408 e. The smallest absolute Gasteiger partial charge is 0.408 e. The number of nitrogens with one attached hydrogen (secondary N) is 2. The third kappa shape index (κ3) is 7.27. The summed E-state index contributed by atoms with van der Waals surface area (Å²) in [5.41, 5.74) is -2.96. The van der Waals surface area contributed by atoms with Crippen molar-refractivity contribution in [1.82, 2.24) is 10.6 Å². The molecule has 1 aliphatic carbocycles. The molecule has 8 heteroatoms. The second-order valence-corrected chi connectivity index (χ2v) is 8.70. The molecule has 0 unspecified atom stereocenters. The van der Waals surface area contributed by atoms with Gasteiger partial charge in [-0.2, -0.15) is 0 Å². The van der Waals surface area contributed by atoms with E-state index < -0.39 is 46.7 Å². The quantitative estimate of drug-likeness (QED) is 0.674. The van der Waals surface area contributed by atoms with Gasteiger partial charge in [0.1, 0.15) is 23.4 Å². The van der Waals surface area contributed by atoms with Crippen molar-refractivity contribution in [3.05, 3.63) is 0 Å². The highest BCUT2D eigenvalue weighted by Gasteiger charge is 2.47. The van der Waals surface area contributed by atoms with E-state index in [0.717, 1.165) is 0 Å². The van der Waals surface area contributed by atoms with E-state index >= 15 is 0 Å². The Labute approximate surface area is 147 Å². The van der Waals surface area contributed by atoms with Gasteiger partial charge >= 0.3 is 12.1 Å². The molecule has 1 fully saturated rings. The molecule has 1 rings (SSSR count). The normalized spacial score (nSPS) is 18.7. The number of alkyl carbamates (subject to hydrolysis) is 1. The van der Waals surface area contributed by atoms with E-state index in [4.69, 9.17) is 4.74 Å². The first kappa shape index (κ1) is 21.2. The molecule has 0 heterocycles. The second-order valence-electron chi connectivity index (χ2n) is 8.70. The van der Waals surface area contributed by atoms with Crippen LogP contribution in [0.15, 0.2) is 0 Å². The summed E-state index contributed by atoms with van der Waals surface area (Å²) >= 11 is 0. The number of amides is 2. The van der Waals surface area contributed by atoms with Crippen LogP contribution < -0.4 is 10.6 Å². The molecule has 0 bridgehead atoms. The summed E-state index contributed by atoms with van der Waals surface area (Å²) in [6, 6.07) is -2.37. The van der Waals surface area contributed by atoms with Gasteiger partial charge in [0.25, 0.3) is 0 Å². The number of carboxylic acid groups (broad SMARTS) is 1. The minimum absolute atomic E-state index is 0.280. The lowest BCUT2D eigenvalue weighted by atomic mass is 9.86. The molecule has 7 nitrogen and oxygen atoms in total. The Morgan fingerprint density at radius 2 is 1.64 bits per heavy atom. The van der Waals surface area contributed by atoms with E-state index in [0.29, 0.717) is 12.8 Å². The topological polar surface area (TPSA) is 105 Å². The van der Waals surface area contributed by atoms with Crippen LogP contribution in [-0.2, 0) is 14.3 Å². The molecule has 1 saturated carbocycles. The Morgan fingerprint density at radius 1 is 1.12 bits per heavy atom. The molecule has 0 aromatic rings. The number of aliphatic carboxylic acids is 1. The molecule has 0 saturated heterocycles. The average molecular weight is 360 g/mol. The molecule has 0 radical (unpaired) electrons. The summed E-state index contributed by atoms with van der Waals surface area (Å²) < 4.78 is 19.0. The predicted molar refractivity (Wildman–Crippen MR) is 89.9 cm³/mol. The van der Waals surface area contributed by atoms with Gasteiger partial charge in [0.05, 0.1) is 0 Å². The van der Waals surface area contributed by atoms with E-state index in [1.54, 1.807) is 41.5 Å². The fourth-order valence-corrected chi connectivity index (χ4v) is 2.26. The van der Waals surface area contributed by atoms with Crippen molar-refractivity contribution in [2.75, 3.05) is 0 Å². The number of carboxylic acids is 1. The van der Waals surface area contributed by atoms with Crippen LogP contribution in [0, 0.1) is 5.41 Å². The number of carbonyl (C=O) groups is 3. The molecule has 3 N–H and O–H groups in total. The van der Waals surface area contributed by atoms with Gasteiger partial charge in [-0.05, 0) is 39.0 Å². The minimum Gasteiger partial charge on any atom is -0.480 e. The molecule has 2 amide bonds. The lowest BCUT2D eigenvalue weighted by Gasteiger charge is -2.32. The Hall–Kier alpha value is -1.86. The van der Waals surface area contributed by atoms with Crippen LogP contribution in [-0.4, -0.2) is 46.4 Å². The molecular formula is C17H29FN2O5. The van der Waals surface area contributed by atoms with E-state index in [1.807, 2.05) is 0 Å². The van der Waals surface area contributed by atoms with Crippen molar-refractivity contribution < 1.29 is 28.6 Å². The van der Waals surface area contributed by atoms with Crippen LogP contribution in [0.5, 0.6) is 0 Å². The third-order valence-corrected chi connectivity index (χ3v) is 3.77. The molecule has 0 spiro atoms. The van der Waals surface area contributed by atoms with Gasteiger partial charge in [-0.1, -0.05) is 20.8 Å². The summed E-state index contributed by atoms with van der Waals surface area (Å²) in [5.74, 6) is -1.99. The van der Waals surface area contributed by atoms with Gasteiger partial charge in [0.15, 0.2) is 0 Å². The molecule has 0 aliphatic heterocycles. The standard InChI is InChI=1S/C17H29FN2O5/c1-15(2,3)11(20-14(24)25-16(4,5)6)12(21)19-10(13(22)23)9-17(18)7-8-17/h10-11H,7-9H2,1-6H3,(H,19,21)(H,20,24)(H,22,23)/t10-,11+/m0/s1. The number of rotatable bonds is 6. The lowest BCUT2D eigenvalue weighted by molar-refractivity contribution is -0.143. The van der Waals surface area contributed by atoms with Crippen molar-refractivity contribution in [2.45, 2.75) is 84.2 Å². The largest absolute Gasteiger partial charge is 0.480 e. The highest BCUT2D eigenvalue weighted by molar-refractivity contribution is 5.89. The zero-order chi connectivity index (χ0) is 19.6. The number of hydrogen-bond acceptors (Lipinski definition) is 4. The number of hydrogen-bond donors (Lipinski definition) is 3. The molecule has 0 aromatic carbocycles. The molecular weight excluding hydrogens is 331 g/mol. The first-order valence-electron chi connectivity index (χ1n) is 8.35. The zero-order valence-corrected chi connectivity index (χ0v) is 15.7. The van der Waals surface area contributed by atoms with Crippen LogP contribution in [0.4, 0.5) is 9.18 Å². The number of carbonyl (C=O) groups excluding carboxylic acids is 2. The zero-order valence-electron chi connectivity index (χ0n) is 15.7. The van der Waals surface area contributed by atoms with Crippen LogP contribution in [0.2, 0.25) is 0 Å². The fraction of sp³-hybridized carbons (Fsp3) is 0.824. The first-order chi connectivity index (χ1) is 11.1. The summed E-state index contributed by atoms with van der Waals surface area (Å²) in [5, 5.41) is 14.1. The van der Waals surface area contributed by atoms with E-state index in [2.05, 4.69) is 10.6 Å². The van der Waals surface area contributed by atoms with Crippen LogP contribution in [0.3, 0.4) is 0 Å². The average Bonchev–Trinajstić information content (AvgIpc) is 3.09. The monoisotopic (exact) mass is 360 g/mol. The molecule has 25 heavy (non-hydrogen) atoms. The van der Waals surface area contributed by atoms with Crippen molar-refractivity contribution in [3.8, 4) is 0 Å². The number of halogens is 1. The van der Waals surface area contributed by atoms with Gasteiger partial charge < -0.3 is 20.5 Å². The number of alkyl halides is 1. The van der Waals surface area contributed by atoms with Crippen LogP contribution in [0.1, 0.15) is 60.8 Å². The van der Waals surface area contributed by atoms with Gasteiger partial charge in [0, 0.05) is 6.42 Å². The van der Waals surface area contributed by atoms with Gasteiger partial charge in [0.2, 0.25) is 5.91 Å². The van der Waals surface area contributed by atoms with Crippen LogP contribution in [0.25, 0.3) is 0 Å². The fourth-order valence-electron chi connectivity index (χ4n) is 2.26. The lowest BCUT2D eigenvalue weighted by Crippen LogP contribution is -2.57. The van der Waals surface area contributed by atoms with Gasteiger partial charge in [-0.15, -0.1) is 0 Å². The second kappa shape index (κ2) is 7.17. The van der Waals surface area contributed by atoms with Crippen molar-refractivity contribution in [3.63, 3.8) is 0 Å². The first-order valence-corrected chi connectivity index (χ1v) is 8.35. The highest BCUT2D eigenvalue weighted by atomic mass is 19.1. The summed E-state index contributed by atoms with van der Waals surface area (Å²) in [4.78, 5) is 35.9. The summed E-state index contributed by atoms with van der Waals surface area (Å²) in [6.07, 6.45) is -0.465. The van der Waals surface area contributed by atoms with Gasteiger partial charge in [-0.3, -0.25) is 4.79 Å². The Balaban J connectivity index is 2.81. The van der Waals surface area contributed by atoms with Gasteiger partial charge in [-0.25, -0.2) is 14.0 Å². The molecule has 0 aromatic heterocycles. The Kier molecular flexibility index (Phi) is 6.08. The van der Waals surface area contributed by atoms with E-state index in [-0.39, 0.29) is 6.42 Å². The maximum atomic E-state index is 13.9. The van der Waals surface area contributed by atoms with Crippen molar-refractivity contribution in [1.29, 1.82) is 0 Å². The maximum absolute atomic E-state index is 13.9. The highest BCUT2D eigenvalue weighted by Crippen LogP contribution is 2.43. The predicted octanol–water partition coefficient (Wildman–Crippen LogP) is 2.39. The molecule has 2 atom stereocenters. The minimum atomic E-state index is -1.52. The summed E-state index contributed by atoms with van der Waals surface area (Å²) in [6.45, 7) is 10.2. The molecule has 144 valence electrons. The van der Waals surface area contributed by atoms with Crippen LogP contribution >= 0.6 is 0 Å². The van der Waals surface area contributed by atoms with E-state index in [9.17, 15) is 23.9 Å². The SMILES string of the molecule is CC(C)(C)OC(=O)N[C@H](C(=O)N[C@@H](CC1(F)CC1)C(=O)O)C(C)(C)C.